The second kappa shape index (κ2) is 9.53. The number of aromatic nitrogens is 2. The van der Waals surface area contributed by atoms with E-state index in [2.05, 4.69) is 5.10 Å². The van der Waals surface area contributed by atoms with E-state index < -0.39 is 18.5 Å². The monoisotopic (exact) mass is 414 g/mol. The first-order valence-corrected chi connectivity index (χ1v) is 9.76. The molecule has 0 bridgehead atoms. The lowest BCUT2D eigenvalue weighted by Crippen LogP contribution is -2.46. The Morgan fingerprint density at radius 1 is 1.13 bits per heavy atom. The lowest BCUT2D eigenvalue weighted by molar-refractivity contribution is -0.143. The van der Waals surface area contributed by atoms with Crippen molar-refractivity contribution in [3.05, 3.63) is 47.3 Å². The lowest BCUT2D eigenvalue weighted by atomic mass is 10.2. The van der Waals surface area contributed by atoms with Gasteiger partial charge in [-0.1, -0.05) is 18.2 Å². The molecule has 160 valence electrons. The fourth-order valence-corrected chi connectivity index (χ4v) is 3.27. The zero-order valence-corrected chi connectivity index (χ0v) is 17.5. The molecule has 0 aliphatic carbocycles. The molecule has 1 aromatic heterocycles. The van der Waals surface area contributed by atoms with Crippen molar-refractivity contribution in [3.63, 3.8) is 0 Å². The van der Waals surface area contributed by atoms with E-state index in [1.54, 1.807) is 23.4 Å². The first kappa shape index (κ1) is 21.5. The largest absolute Gasteiger partial charge is 0.452 e. The summed E-state index contributed by atoms with van der Waals surface area (Å²) in [6, 6.07) is 9.44. The van der Waals surface area contributed by atoms with Gasteiger partial charge in [0.05, 0.1) is 36.8 Å². The summed E-state index contributed by atoms with van der Waals surface area (Å²) >= 11 is 0. The van der Waals surface area contributed by atoms with Gasteiger partial charge in [0.15, 0.2) is 6.61 Å². The zero-order chi connectivity index (χ0) is 21.7. The average molecular weight is 414 g/mol. The Hall–Kier alpha value is -3.20. The van der Waals surface area contributed by atoms with Gasteiger partial charge in [-0.3, -0.25) is 9.59 Å². The van der Waals surface area contributed by atoms with Crippen molar-refractivity contribution < 1.29 is 23.9 Å². The minimum atomic E-state index is -0.617. The molecule has 1 saturated heterocycles. The van der Waals surface area contributed by atoms with Crippen LogP contribution < -0.4 is 0 Å². The highest BCUT2D eigenvalue weighted by Gasteiger charge is 2.24. The third-order valence-corrected chi connectivity index (χ3v) is 4.98. The van der Waals surface area contributed by atoms with E-state index in [1.165, 1.54) is 11.9 Å². The molecular formula is C21H26N4O5. The molecule has 0 atom stereocenters. The van der Waals surface area contributed by atoms with Gasteiger partial charge in [-0.2, -0.15) is 5.10 Å². The molecule has 1 fully saturated rings. The summed E-state index contributed by atoms with van der Waals surface area (Å²) in [5, 5.41) is 4.41. The Kier molecular flexibility index (Phi) is 6.83. The minimum Gasteiger partial charge on any atom is -0.452 e. The van der Waals surface area contributed by atoms with Crippen LogP contribution in [0.3, 0.4) is 0 Å². The molecule has 9 nitrogen and oxygen atoms in total. The second-order valence-corrected chi connectivity index (χ2v) is 7.11. The van der Waals surface area contributed by atoms with E-state index in [-0.39, 0.29) is 12.5 Å². The van der Waals surface area contributed by atoms with E-state index in [4.69, 9.17) is 9.47 Å². The van der Waals surface area contributed by atoms with Crippen molar-refractivity contribution in [2.75, 3.05) is 46.5 Å². The van der Waals surface area contributed by atoms with E-state index in [0.717, 1.165) is 5.69 Å². The van der Waals surface area contributed by atoms with Crippen molar-refractivity contribution in [2.24, 2.45) is 0 Å². The number of aryl methyl sites for hydroxylation is 1. The Labute approximate surface area is 175 Å². The SMILES string of the molecule is Cc1nn(-c2ccccc2)c(C)c1C(=O)OCC(=O)N(C)CC(=O)N1CCOCC1. The number of esters is 1. The average Bonchev–Trinajstić information content (AvgIpc) is 3.06. The van der Waals surface area contributed by atoms with Crippen LogP contribution in [0, 0.1) is 13.8 Å². The molecule has 0 radical (unpaired) electrons. The number of carbonyl (C=O) groups excluding carboxylic acids is 3. The van der Waals surface area contributed by atoms with E-state index >= 15 is 0 Å². The third-order valence-electron chi connectivity index (χ3n) is 4.98. The molecule has 0 saturated carbocycles. The van der Waals surface area contributed by atoms with Gasteiger partial charge in [0.2, 0.25) is 5.91 Å². The summed E-state index contributed by atoms with van der Waals surface area (Å²) in [5.74, 6) is -1.22. The molecular weight excluding hydrogens is 388 g/mol. The summed E-state index contributed by atoms with van der Waals surface area (Å²) < 4.78 is 12.1. The normalized spacial score (nSPS) is 13.8. The molecule has 9 heteroatoms. The Morgan fingerprint density at radius 3 is 2.47 bits per heavy atom. The summed E-state index contributed by atoms with van der Waals surface area (Å²) in [4.78, 5) is 40.1. The predicted octanol–water partition coefficient (Wildman–Crippen LogP) is 0.963. The van der Waals surface area contributed by atoms with Gasteiger partial charge in [0.1, 0.15) is 5.56 Å². The number of hydrogen-bond acceptors (Lipinski definition) is 6. The maximum atomic E-state index is 12.6. The number of benzene rings is 1. The van der Waals surface area contributed by atoms with Crippen LogP contribution in [0.1, 0.15) is 21.7 Å². The van der Waals surface area contributed by atoms with Crippen LogP contribution >= 0.6 is 0 Å². The molecule has 1 aromatic carbocycles. The summed E-state index contributed by atoms with van der Waals surface area (Å²) in [6.07, 6.45) is 0. The Morgan fingerprint density at radius 2 is 1.80 bits per heavy atom. The highest BCUT2D eigenvalue weighted by Crippen LogP contribution is 2.18. The number of morpholine rings is 1. The molecule has 0 spiro atoms. The summed E-state index contributed by atoms with van der Waals surface area (Å²) in [5.41, 5.74) is 2.31. The summed E-state index contributed by atoms with van der Waals surface area (Å²) in [6.45, 7) is 5.00. The van der Waals surface area contributed by atoms with Gasteiger partial charge >= 0.3 is 5.97 Å². The molecule has 2 amide bonds. The number of likely N-dealkylation sites (N-methyl/N-ethyl adjacent to an activating group) is 1. The number of nitrogens with zero attached hydrogens (tertiary/aromatic N) is 4. The van der Waals surface area contributed by atoms with Crippen LogP contribution in [0.15, 0.2) is 30.3 Å². The second-order valence-electron chi connectivity index (χ2n) is 7.11. The molecule has 2 aromatic rings. The fourth-order valence-electron chi connectivity index (χ4n) is 3.27. The van der Waals surface area contributed by atoms with Crippen molar-refractivity contribution in [1.29, 1.82) is 0 Å². The van der Waals surface area contributed by atoms with Gasteiger partial charge in [-0.25, -0.2) is 9.48 Å². The van der Waals surface area contributed by atoms with E-state index in [9.17, 15) is 14.4 Å². The first-order valence-electron chi connectivity index (χ1n) is 9.76. The highest BCUT2D eigenvalue weighted by molar-refractivity contribution is 5.94. The maximum absolute atomic E-state index is 12.6. The quantitative estimate of drug-likeness (QED) is 0.654. The fraction of sp³-hybridized carbons (Fsp3) is 0.429. The number of carbonyl (C=O) groups is 3. The van der Waals surface area contributed by atoms with Crippen molar-refractivity contribution in [2.45, 2.75) is 13.8 Å². The Balaban J connectivity index is 1.58. The Bertz CT molecular complexity index is 919. The lowest BCUT2D eigenvalue weighted by Gasteiger charge is -2.28. The van der Waals surface area contributed by atoms with Gasteiger partial charge in [0, 0.05) is 20.1 Å². The minimum absolute atomic E-state index is 0.0691. The smallest absolute Gasteiger partial charge is 0.342 e. The molecule has 0 unspecified atom stereocenters. The molecule has 3 rings (SSSR count). The number of amides is 2. The van der Waals surface area contributed by atoms with Gasteiger partial charge < -0.3 is 19.3 Å². The topological polar surface area (TPSA) is 94.0 Å². The van der Waals surface area contributed by atoms with Crippen LogP contribution in [-0.2, 0) is 19.1 Å². The molecule has 2 heterocycles. The van der Waals surface area contributed by atoms with E-state index in [1.807, 2.05) is 30.3 Å². The van der Waals surface area contributed by atoms with Crippen molar-refractivity contribution >= 4 is 17.8 Å². The highest BCUT2D eigenvalue weighted by atomic mass is 16.5. The molecule has 1 aliphatic heterocycles. The van der Waals surface area contributed by atoms with Crippen LogP contribution in [0.5, 0.6) is 0 Å². The van der Waals surface area contributed by atoms with Gasteiger partial charge in [-0.15, -0.1) is 0 Å². The van der Waals surface area contributed by atoms with Crippen LogP contribution in [0.4, 0.5) is 0 Å². The molecule has 30 heavy (non-hydrogen) atoms. The number of ether oxygens (including phenoxy) is 2. The van der Waals surface area contributed by atoms with Crippen LogP contribution in [0.25, 0.3) is 5.69 Å². The number of hydrogen-bond donors (Lipinski definition) is 0. The number of rotatable bonds is 6. The standard InChI is InChI=1S/C21H26N4O5/c1-15-20(16(2)25(22-15)17-7-5-4-6-8-17)21(28)30-14-19(27)23(3)13-18(26)24-9-11-29-12-10-24/h4-8H,9-14H2,1-3H3. The van der Waals surface area contributed by atoms with Gasteiger partial charge in [0.25, 0.3) is 5.91 Å². The van der Waals surface area contributed by atoms with Gasteiger partial charge in [-0.05, 0) is 26.0 Å². The van der Waals surface area contributed by atoms with Crippen molar-refractivity contribution in [3.8, 4) is 5.69 Å². The first-order chi connectivity index (χ1) is 14.4. The van der Waals surface area contributed by atoms with Crippen LogP contribution in [0.2, 0.25) is 0 Å². The molecule has 0 N–H and O–H groups in total. The third kappa shape index (κ3) is 4.85. The predicted molar refractivity (Wildman–Crippen MR) is 108 cm³/mol. The molecule has 1 aliphatic rings. The van der Waals surface area contributed by atoms with Crippen molar-refractivity contribution in [1.82, 2.24) is 19.6 Å². The van der Waals surface area contributed by atoms with E-state index in [0.29, 0.717) is 43.3 Å². The number of para-hydroxylation sites is 1. The zero-order valence-electron chi connectivity index (χ0n) is 17.5. The summed E-state index contributed by atoms with van der Waals surface area (Å²) in [7, 11) is 1.51. The van der Waals surface area contributed by atoms with Crippen LogP contribution in [-0.4, -0.2) is 83.9 Å². The maximum Gasteiger partial charge on any atom is 0.342 e.